The third-order valence-electron chi connectivity index (χ3n) is 4.33. The Balaban J connectivity index is 1.87. The van der Waals surface area contributed by atoms with E-state index in [4.69, 9.17) is 5.26 Å². The monoisotopic (exact) mass is 368 g/mol. The number of hydrogen-bond donors (Lipinski definition) is 1. The lowest BCUT2D eigenvalue weighted by molar-refractivity contribution is 0.571. The molecule has 26 heavy (non-hydrogen) atoms. The second kappa shape index (κ2) is 5.59. The van der Waals surface area contributed by atoms with Crippen LogP contribution < -0.4 is 4.72 Å². The Morgan fingerprint density at radius 3 is 2.69 bits per heavy atom. The maximum atomic E-state index is 12.7. The highest BCUT2D eigenvalue weighted by Gasteiger charge is 2.46. The minimum Gasteiger partial charge on any atom is -0.340 e. The summed E-state index contributed by atoms with van der Waals surface area (Å²) in [5.74, 6) is 0.577. The fraction of sp³-hybridized carbons (Fsp3) is 0.294. The average Bonchev–Trinajstić information content (AvgIpc) is 3.23. The summed E-state index contributed by atoms with van der Waals surface area (Å²) >= 11 is 0. The third-order valence-corrected chi connectivity index (χ3v) is 5.86. The van der Waals surface area contributed by atoms with Crippen LogP contribution in [0.2, 0.25) is 0 Å². The summed E-state index contributed by atoms with van der Waals surface area (Å²) in [7, 11) is -1.97. The summed E-state index contributed by atoms with van der Waals surface area (Å²) in [5, 5.41) is 9.75. The van der Waals surface area contributed by atoms with Crippen LogP contribution in [0, 0.1) is 18.3 Å². The number of imidazole rings is 1. The van der Waals surface area contributed by atoms with Crippen molar-refractivity contribution in [3.05, 3.63) is 36.5 Å². The zero-order valence-corrected chi connectivity index (χ0v) is 15.1. The molecule has 1 fully saturated rings. The maximum absolute atomic E-state index is 12.7. The molecule has 0 saturated heterocycles. The number of sulfonamides is 1. The summed E-state index contributed by atoms with van der Waals surface area (Å²) in [6.07, 6.45) is 4.52. The van der Waals surface area contributed by atoms with Gasteiger partial charge in [-0.15, -0.1) is 0 Å². The van der Waals surface area contributed by atoms with Gasteiger partial charge in [-0.25, -0.2) is 23.4 Å². The summed E-state index contributed by atoms with van der Waals surface area (Å²) in [6.45, 7) is 1.78. The van der Waals surface area contributed by atoms with Crippen molar-refractivity contribution in [1.29, 1.82) is 5.26 Å². The largest absolute Gasteiger partial charge is 0.340 e. The van der Waals surface area contributed by atoms with E-state index >= 15 is 0 Å². The van der Waals surface area contributed by atoms with Gasteiger partial charge in [-0.05, 0) is 38.0 Å². The van der Waals surface area contributed by atoms with Crippen LogP contribution in [0.25, 0.3) is 22.3 Å². The fourth-order valence-corrected chi connectivity index (χ4v) is 4.20. The number of nitriles is 1. The van der Waals surface area contributed by atoms with Crippen molar-refractivity contribution in [2.45, 2.75) is 30.2 Å². The molecule has 132 valence electrons. The predicted molar refractivity (Wildman–Crippen MR) is 94.4 cm³/mol. The van der Waals surface area contributed by atoms with E-state index in [1.165, 1.54) is 12.1 Å². The van der Waals surface area contributed by atoms with E-state index in [1.54, 1.807) is 23.9 Å². The number of nitrogens with zero attached hydrogens (tertiary/aromatic N) is 5. The predicted octanol–water partition coefficient (Wildman–Crippen LogP) is 1.67. The lowest BCUT2D eigenvalue weighted by Gasteiger charge is -2.12. The van der Waals surface area contributed by atoms with Crippen LogP contribution in [0.4, 0.5) is 0 Å². The quantitative estimate of drug-likeness (QED) is 0.749. The van der Waals surface area contributed by atoms with Crippen molar-refractivity contribution in [3.8, 4) is 17.5 Å². The molecule has 0 unspecified atom stereocenters. The van der Waals surface area contributed by atoms with Crippen molar-refractivity contribution >= 4 is 20.9 Å². The molecule has 0 atom stereocenters. The molecule has 1 saturated carbocycles. The highest BCUT2D eigenvalue weighted by Crippen LogP contribution is 2.36. The zero-order valence-electron chi connectivity index (χ0n) is 14.3. The number of nitrogens with one attached hydrogen (secondary N) is 1. The van der Waals surface area contributed by atoms with E-state index in [0.717, 1.165) is 0 Å². The van der Waals surface area contributed by atoms with E-state index in [9.17, 15) is 8.42 Å². The van der Waals surface area contributed by atoms with Crippen LogP contribution in [0.15, 0.2) is 35.6 Å². The molecule has 1 aliphatic carbocycles. The maximum Gasteiger partial charge on any atom is 0.241 e. The normalized spacial score (nSPS) is 15.7. The number of benzene rings is 1. The molecule has 2 aromatic heterocycles. The highest BCUT2D eigenvalue weighted by molar-refractivity contribution is 7.89. The lowest BCUT2D eigenvalue weighted by Crippen LogP contribution is -2.35. The first kappa shape index (κ1) is 16.6. The fourth-order valence-electron chi connectivity index (χ4n) is 2.80. The molecular formula is C17H16N6O2S. The van der Waals surface area contributed by atoms with Crippen molar-refractivity contribution in [1.82, 2.24) is 24.2 Å². The van der Waals surface area contributed by atoms with Gasteiger partial charge in [0.2, 0.25) is 10.0 Å². The van der Waals surface area contributed by atoms with Crippen molar-refractivity contribution in [3.63, 3.8) is 0 Å². The molecule has 1 aliphatic rings. The van der Waals surface area contributed by atoms with Crippen LogP contribution in [0.5, 0.6) is 0 Å². The smallest absolute Gasteiger partial charge is 0.241 e. The minimum absolute atomic E-state index is 0.0798. The molecule has 3 aromatic rings. The highest BCUT2D eigenvalue weighted by atomic mass is 32.2. The number of aryl methyl sites for hydroxylation is 2. The summed E-state index contributed by atoms with van der Waals surface area (Å²) < 4.78 is 29.7. The Hall–Kier alpha value is -2.83. The summed E-state index contributed by atoms with van der Waals surface area (Å²) in [5.41, 5.74) is 0.882. The first-order valence-corrected chi connectivity index (χ1v) is 9.52. The zero-order chi connectivity index (χ0) is 18.5. The summed E-state index contributed by atoms with van der Waals surface area (Å²) in [6, 6.07) is 6.71. The van der Waals surface area contributed by atoms with Crippen LogP contribution >= 0.6 is 0 Å². The van der Waals surface area contributed by atoms with E-state index in [2.05, 4.69) is 19.7 Å². The standard InChI is InChI=1S/C17H16N6O2S/c1-11-20-14-4-3-12(26(24,25)22-17(9-18)5-6-17)7-13(14)16(21-11)15-8-23(2)10-19-15/h3-4,7-8,10,22H,5-6H2,1-2H3. The van der Waals surface area contributed by atoms with Crippen LogP contribution in [0.3, 0.4) is 0 Å². The Morgan fingerprint density at radius 1 is 1.31 bits per heavy atom. The number of hydrogen-bond acceptors (Lipinski definition) is 6. The van der Waals surface area contributed by atoms with Crippen molar-refractivity contribution in [2.24, 2.45) is 7.05 Å². The number of fused-ring (bicyclic) bond motifs is 1. The molecule has 1 N–H and O–H groups in total. The van der Waals surface area contributed by atoms with Gasteiger partial charge in [-0.2, -0.15) is 9.98 Å². The Kier molecular flexibility index (Phi) is 3.57. The minimum atomic E-state index is -3.82. The third kappa shape index (κ3) is 2.83. The van der Waals surface area contributed by atoms with Gasteiger partial charge in [-0.3, -0.25) is 0 Å². The average molecular weight is 368 g/mol. The van der Waals surface area contributed by atoms with Crippen molar-refractivity contribution < 1.29 is 8.42 Å². The molecule has 2 heterocycles. The van der Waals surface area contributed by atoms with E-state index in [0.29, 0.717) is 41.0 Å². The lowest BCUT2D eigenvalue weighted by atomic mass is 10.1. The van der Waals surface area contributed by atoms with Crippen LogP contribution in [-0.2, 0) is 17.1 Å². The Morgan fingerprint density at radius 2 is 2.08 bits per heavy atom. The van der Waals surface area contributed by atoms with Gasteiger partial charge >= 0.3 is 0 Å². The molecule has 9 heteroatoms. The topological polar surface area (TPSA) is 114 Å². The molecule has 0 radical (unpaired) electrons. The molecular weight excluding hydrogens is 352 g/mol. The van der Waals surface area contributed by atoms with Gasteiger partial charge in [0.05, 0.1) is 22.8 Å². The second-order valence-corrected chi connectivity index (χ2v) is 8.20. The SMILES string of the molecule is Cc1nc(-c2cn(C)cn2)c2cc(S(=O)(=O)NC3(C#N)CC3)ccc2n1. The molecule has 8 nitrogen and oxygen atoms in total. The molecule has 0 spiro atoms. The first-order chi connectivity index (χ1) is 12.3. The summed E-state index contributed by atoms with van der Waals surface area (Å²) in [4.78, 5) is 13.2. The molecule has 4 rings (SSSR count). The molecule has 1 aromatic carbocycles. The molecule has 0 amide bonds. The van der Waals surface area contributed by atoms with Gasteiger partial charge in [0, 0.05) is 18.6 Å². The first-order valence-electron chi connectivity index (χ1n) is 8.04. The van der Waals surface area contributed by atoms with Gasteiger partial charge in [0.25, 0.3) is 0 Å². The molecule has 0 aliphatic heterocycles. The number of rotatable bonds is 4. The van der Waals surface area contributed by atoms with Gasteiger partial charge in [0.1, 0.15) is 22.8 Å². The molecule has 0 bridgehead atoms. The van der Waals surface area contributed by atoms with Crippen LogP contribution in [0.1, 0.15) is 18.7 Å². The van der Waals surface area contributed by atoms with Crippen LogP contribution in [-0.4, -0.2) is 33.5 Å². The van der Waals surface area contributed by atoms with E-state index in [1.807, 2.05) is 19.3 Å². The Bertz CT molecular complexity index is 1170. The van der Waals surface area contributed by atoms with E-state index < -0.39 is 15.6 Å². The Labute approximate surface area is 150 Å². The second-order valence-electron chi connectivity index (χ2n) is 6.52. The van der Waals surface area contributed by atoms with Gasteiger partial charge in [-0.1, -0.05) is 0 Å². The van der Waals surface area contributed by atoms with Gasteiger partial charge < -0.3 is 4.57 Å². The van der Waals surface area contributed by atoms with Crippen molar-refractivity contribution in [2.75, 3.05) is 0 Å². The van der Waals surface area contributed by atoms with Gasteiger partial charge in [0.15, 0.2) is 0 Å². The number of aromatic nitrogens is 4. The van der Waals surface area contributed by atoms with E-state index in [-0.39, 0.29) is 4.90 Å².